The molecule has 0 N–H and O–H groups in total. The summed E-state index contributed by atoms with van der Waals surface area (Å²) in [4.78, 5) is 10.4. The molecule has 0 spiro atoms. The third kappa shape index (κ3) is 6.26. The first-order chi connectivity index (χ1) is 10.2. The number of ether oxygens (including phenoxy) is 1. The molecule has 0 aromatic heterocycles. The number of rotatable bonds is 5. The fourth-order valence-electron chi connectivity index (χ4n) is 1.83. The fourth-order valence-corrected chi connectivity index (χ4v) is 1.83. The van der Waals surface area contributed by atoms with Crippen LogP contribution < -0.4 is 4.74 Å². The molecule has 2 rings (SSSR count). The highest BCUT2D eigenvalue weighted by molar-refractivity contribution is 5.49. The number of hydrogen-bond acceptors (Lipinski definition) is 2. The van der Waals surface area contributed by atoms with Crippen LogP contribution in [0, 0.1) is 6.92 Å². The summed E-state index contributed by atoms with van der Waals surface area (Å²) in [7, 11) is 0. The van der Waals surface area contributed by atoms with E-state index in [1.807, 2.05) is 43.3 Å². The average Bonchev–Trinajstić information content (AvgIpc) is 2.51. The van der Waals surface area contributed by atoms with Crippen LogP contribution in [0.4, 0.5) is 0 Å². The minimum Gasteiger partial charge on any atom is -0.428 e. The van der Waals surface area contributed by atoms with E-state index in [-0.39, 0.29) is 0 Å². The summed E-state index contributed by atoms with van der Waals surface area (Å²) in [5.41, 5.74) is 3.39. The largest absolute Gasteiger partial charge is 0.428 e. The standard InChI is InChI=1S/C15H14O2.C4H10/c1-12-7-8-15(17-11-16)14(9-12)10-13-5-3-2-4-6-13;1-3-4-2/h2-9,11H,10H2,1H3;3-4H2,1-2H3. The van der Waals surface area contributed by atoms with E-state index in [4.69, 9.17) is 4.74 Å². The minimum atomic E-state index is 0.471. The Morgan fingerprint density at radius 1 is 1.00 bits per heavy atom. The molecule has 0 unspecified atom stereocenters. The maximum atomic E-state index is 10.4. The monoisotopic (exact) mass is 284 g/mol. The molecule has 0 saturated carbocycles. The van der Waals surface area contributed by atoms with Gasteiger partial charge in [0.1, 0.15) is 5.75 Å². The zero-order valence-electron chi connectivity index (χ0n) is 13.1. The summed E-state index contributed by atoms with van der Waals surface area (Å²) in [6, 6.07) is 15.9. The topological polar surface area (TPSA) is 26.3 Å². The molecule has 2 aromatic carbocycles. The Kier molecular flexibility index (Phi) is 7.88. The van der Waals surface area contributed by atoms with Crippen molar-refractivity contribution in [2.24, 2.45) is 0 Å². The van der Waals surface area contributed by atoms with Crippen molar-refractivity contribution in [3.8, 4) is 5.75 Å². The highest BCUT2D eigenvalue weighted by Gasteiger charge is 2.05. The first kappa shape index (κ1) is 17.0. The van der Waals surface area contributed by atoms with E-state index >= 15 is 0 Å². The van der Waals surface area contributed by atoms with Gasteiger partial charge in [-0.1, -0.05) is 74.7 Å². The molecule has 0 bridgehead atoms. The molecule has 0 atom stereocenters. The van der Waals surface area contributed by atoms with Gasteiger partial charge in [-0.15, -0.1) is 0 Å². The van der Waals surface area contributed by atoms with Crippen molar-refractivity contribution in [3.05, 3.63) is 65.2 Å². The minimum absolute atomic E-state index is 0.471. The summed E-state index contributed by atoms with van der Waals surface area (Å²) >= 11 is 0. The second-order valence-electron chi connectivity index (χ2n) is 4.99. The van der Waals surface area contributed by atoms with E-state index < -0.39 is 0 Å². The molecule has 0 aliphatic heterocycles. The van der Waals surface area contributed by atoms with Crippen molar-refractivity contribution in [2.75, 3.05) is 0 Å². The van der Waals surface area contributed by atoms with Crippen molar-refractivity contribution in [3.63, 3.8) is 0 Å². The lowest BCUT2D eigenvalue weighted by atomic mass is 10.0. The number of unbranched alkanes of at least 4 members (excludes halogenated alkanes) is 1. The maximum Gasteiger partial charge on any atom is 0.298 e. The molecule has 0 fully saturated rings. The second kappa shape index (κ2) is 9.76. The smallest absolute Gasteiger partial charge is 0.298 e. The quantitative estimate of drug-likeness (QED) is 0.728. The highest BCUT2D eigenvalue weighted by Crippen LogP contribution is 2.22. The predicted molar refractivity (Wildman–Crippen MR) is 87.7 cm³/mol. The van der Waals surface area contributed by atoms with Gasteiger partial charge in [0.2, 0.25) is 0 Å². The first-order valence-corrected chi connectivity index (χ1v) is 7.45. The van der Waals surface area contributed by atoms with Crippen LogP contribution in [0.3, 0.4) is 0 Å². The van der Waals surface area contributed by atoms with E-state index in [0.29, 0.717) is 12.2 Å². The van der Waals surface area contributed by atoms with Gasteiger partial charge in [-0.05, 0) is 24.1 Å². The van der Waals surface area contributed by atoms with Crippen molar-refractivity contribution in [1.82, 2.24) is 0 Å². The predicted octanol–water partition coefficient (Wildman–Crippen LogP) is 4.93. The Morgan fingerprint density at radius 2 is 1.67 bits per heavy atom. The van der Waals surface area contributed by atoms with Crippen LogP contribution >= 0.6 is 0 Å². The van der Waals surface area contributed by atoms with Crippen molar-refractivity contribution >= 4 is 6.47 Å². The number of carbonyl (C=O) groups excluding carboxylic acids is 1. The molecular weight excluding hydrogens is 260 g/mol. The molecule has 0 aliphatic carbocycles. The zero-order valence-corrected chi connectivity index (χ0v) is 13.1. The molecule has 0 radical (unpaired) electrons. The van der Waals surface area contributed by atoms with Crippen LogP contribution in [0.5, 0.6) is 5.75 Å². The van der Waals surface area contributed by atoms with E-state index in [2.05, 4.69) is 26.0 Å². The second-order valence-corrected chi connectivity index (χ2v) is 4.99. The molecule has 0 saturated heterocycles. The third-order valence-electron chi connectivity index (χ3n) is 3.13. The Morgan fingerprint density at radius 3 is 2.24 bits per heavy atom. The van der Waals surface area contributed by atoms with Crippen molar-refractivity contribution in [1.29, 1.82) is 0 Å². The molecular formula is C19H24O2. The third-order valence-corrected chi connectivity index (χ3v) is 3.13. The van der Waals surface area contributed by atoms with Gasteiger partial charge in [0.05, 0.1) is 0 Å². The fraction of sp³-hybridized carbons (Fsp3) is 0.316. The Labute approximate surface area is 127 Å². The van der Waals surface area contributed by atoms with Crippen molar-refractivity contribution in [2.45, 2.75) is 40.0 Å². The average molecular weight is 284 g/mol. The van der Waals surface area contributed by atoms with Crippen LogP contribution in [0.25, 0.3) is 0 Å². The van der Waals surface area contributed by atoms with Crippen molar-refractivity contribution < 1.29 is 9.53 Å². The van der Waals surface area contributed by atoms with E-state index in [9.17, 15) is 4.79 Å². The zero-order chi connectivity index (χ0) is 15.5. The van der Waals surface area contributed by atoms with Crippen LogP contribution in [0.1, 0.15) is 43.4 Å². The summed E-state index contributed by atoms with van der Waals surface area (Å²) < 4.78 is 4.98. The number of aryl methyl sites for hydroxylation is 1. The van der Waals surface area contributed by atoms with Crippen LogP contribution in [0.2, 0.25) is 0 Å². The Balaban J connectivity index is 0.000000491. The van der Waals surface area contributed by atoms with Gasteiger partial charge in [-0.25, -0.2) is 0 Å². The van der Waals surface area contributed by atoms with Gasteiger partial charge < -0.3 is 4.74 Å². The van der Waals surface area contributed by atoms with Gasteiger partial charge in [0.25, 0.3) is 6.47 Å². The normalized spacial score (nSPS) is 9.48. The summed E-state index contributed by atoms with van der Waals surface area (Å²) in [6.07, 6.45) is 3.41. The summed E-state index contributed by atoms with van der Waals surface area (Å²) in [5.74, 6) is 0.634. The molecule has 0 aliphatic rings. The SMILES string of the molecule is CCCC.Cc1ccc(OC=O)c(Cc2ccccc2)c1. The van der Waals surface area contributed by atoms with E-state index in [0.717, 1.165) is 17.5 Å². The van der Waals surface area contributed by atoms with E-state index in [1.165, 1.54) is 18.4 Å². The van der Waals surface area contributed by atoms with Crippen LogP contribution in [-0.2, 0) is 11.2 Å². The lowest BCUT2D eigenvalue weighted by molar-refractivity contribution is -0.120. The number of hydrogen-bond donors (Lipinski definition) is 0. The Hall–Kier alpha value is -2.09. The van der Waals surface area contributed by atoms with Crippen LogP contribution in [0.15, 0.2) is 48.5 Å². The molecule has 112 valence electrons. The maximum absolute atomic E-state index is 10.4. The summed E-state index contributed by atoms with van der Waals surface area (Å²) in [6.45, 7) is 6.86. The first-order valence-electron chi connectivity index (χ1n) is 7.45. The van der Waals surface area contributed by atoms with E-state index in [1.54, 1.807) is 0 Å². The lowest BCUT2D eigenvalue weighted by Gasteiger charge is -2.08. The van der Waals surface area contributed by atoms with Gasteiger partial charge >= 0.3 is 0 Å². The lowest BCUT2D eigenvalue weighted by Crippen LogP contribution is -1.96. The van der Waals surface area contributed by atoms with Gasteiger partial charge in [-0.3, -0.25) is 4.79 Å². The number of carbonyl (C=O) groups is 1. The molecule has 0 heterocycles. The number of benzene rings is 2. The molecule has 2 nitrogen and oxygen atoms in total. The Bertz CT molecular complexity index is 531. The van der Waals surface area contributed by atoms with Crippen LogP contribution in [-0.4, -0.2) is 6.47 Å². The molecule has 2 aromatic rings. The van der Waals surface area contributed by atoms with Gasteiger partial charge in [0.15, 0.2) is 0 Å². The highest BCUT2D eigenvalue weighted by atomic mass is 16.5. The van der Waals surface area contributed by atoms with Gasteiger partial charge in [0, 0.05) is 6.42 Å². The molecule has 21 heavy (non-hydrogen) atoms. The molecule has 2 heteroatoms. The van der Waals surface area contributed by atoms with Gasteiger partial charge in [-0.2, -0.15) is 0 Å². The summed E-state index contributed by atoms with van der Waals surface area (Å²) in [5, 5.41) is 0. The molecule has 0 amide bonds.